The molecule has 5 heteroatoms. The molecule has 28 heavy (non-hydrogen) atoms. The summed E-state index contributed by atoms with van der Waals surface area (Å²) < 4.78 is 2.16. The molecule has 0 spiro atoms. The zero-order valence-corrected chi connectivity index (χ0v) is 16.5. The second kappa shape index (κ2) is 7.82. The summed E-state index contributed by atoms with van der Waals surface area (Å²) in [5.41, 5.74) is 5.65. The van der Waals surface area contributed by atoms with Crippen molar-refractivity contribution in [3.8, 4) is 22.5 Å². The lowest BCUT2D eigenvalue weighted by Crippen LogP contribution is -2.16. The first-order valence-electron chi connectivity index (χ1n) is 9.49. The first-order valence-corrected chi connectivity index (χ1v) is 9.49. The molecular formula is C23H25N5. The monoisotopic (exact) mass is 371 g/mol. The van der Waals surface area contributed by atoms with Gasteiger partial charge >= 0.3 is 0 Å². The van der Waals surface area contributed by atoms with Crippen molar-refractivity contribution in [2.75, 3.05) is 14.1 Å². The number of nitrogens with one attached hydrogen (secondary N) is 1. The fourth-order valence-electron chi connectivity index (χ4n) is 3.38. The topological polar surface area (TPSA) is 49.7 Å². The highest BCUT2D eigenvalue weighted by Gasteiger charge is 2.16. The highest BCUT2D eigenvalue weighted by molar-refractivity contribution is 5.78. The number of H-pyrrole nitrogens is 1. The minimum atomic E-state index is 0.371. The lowest BCUT2D eigenvalue weighted by molar-refractivity contribution is 0.321. The van der Waals surface area contributed by atoms with Crippen LogP contribution in [0.4, 0.5) is 0 Å². The third kappa shape index (κ3) is 3.62. The lowest BCUT2D eigenvalue weighted by atomic mass is 10.0. The van der Waals surface area contributed by atoms with Gasteiger partial charge in [-0.15, -0.1) is 0 Å². The maximum Gasteiger partial charge on any atom is 0.126 e. The molecule has 142 valence electrons. The Hall–Kier alpha value is -3.18. The summed E-state index contributed by atoms with van der Waals surface area (Å²) in [6.45, 7) is 2.86. The molecule has 0 aliphatic rings. The molecule has 2 heterocycles. The van der Waals surface area contributed by atoms with Crippen molar-refractivity contribution in [2.24, 2.45) is 0 Å². The normalized spacial score (nSPS) is 12.4. The molecule has 0 aliphatic heterocycles. The number of imidazole rings is 2. The Balaban J connectivity index is 1.78. The lowest BCUT2D eigenvalue weighted by Gasteiger charge is -2.20. The number of aromatic nitrogens is 4. The van der Waals surface area contributed by atoms with Crippen LogP contribution in [0.3, 0.4) is 0 Å². The summed E-state index contributed by atoms with van der Waals surface area (Å²) in [5.74, 6) is 0.913. The molecule has 1 N–H and O–H groups in total. The molecule has 0 bridgehead atoms. The van der Waals surface area contributed by atoms with Crippen LogP contribution >= 0.6 is 0 Å². The summed E-state index contributed by atoms with van der Waals surface area (Å²) in [6, 6.07) is 19.5. The molecule has 2 aromatic carbocycles. The van der Waals surface area contributed by atoms with Gasteiger partial charge in [0.2, 0.25) is 0 Å². The van der Waals surface area contributed by atoms with Gasteiger partial charge in [-0.25, -0.2) is 9.97 Å². The van der Waals surface area contributed by atoms with E-state index in [1.165, 1.54) is 5.56 Å². The van der Waals surface area contributed by atoms with Crippen LogP contribution < -0.4 is 0 Å². The molecular weight excluding hydrogens is 346 g/mol. The first-order chi connectivity index (χ1) is 13.6. The Morgan fingerprint density at radius 1 is 0.964 bits per heavy atom. The van der Waals surface area contributed by atoms with Crippen LogP contribution in [0.15, 0.2) is 73.3 Å². The van der Waals surface area contributed by atoms with E-state index in [2.05, 4.69) is 76.9 Å². The number of nitrogens with zero attached hydrogens (tertiary/aromatic N) is 4. The Bertz CT molecular complexity index is 1010. The molecule has 0 unspecified atom stereocenters. The zero-order chi connectivity index (χ0) is 19.5. The van der Waals surface area contributed by atoms with E-state index in [4.69, 9.17) is 4.98 Å². The fourth-order valence-corrected chi connectivity index (χ4v) is 3.38. The average Bonchev–Trinajstić information content (AvgIpc) is 3.38. The van der Waals surface area contributed by atoms with Crippen molar-refractivity contribution in [1.82, 2.24) is 24.4 Å². The molecule has 0 saturated carbocycles. The number of hydrogen-bond donors (Lipinski definition) is 1. The molecule has 0 aliphatic carbocycles. The SMILES string of the molecule is C[C@H](c1ccc(-c2c(-c3ccccc3)ncn2Cc2ncc[nH]2)cc1)N(C)C. The van der Waals surface area contributed by atoms with Crippen LogP contribution in [-0.4, -0.2) is 38.5 Å². The molecule has 1 atom stereocenters. The minimum Gasteiger partial charge on any atom is -0.347 e. The zero-order valence-electron chi connectivity index (χ0n) is 16.5. The van der Waals surface area contributed by atoms with Crippen LogP contribution in [0.25, 0.3) is 22.5 Å². The summed E-state index contributed by atoms with van der Waals surface area (Å²) in [6.07, 6.45) is 5.53. The van der Waals surface area contributed by atoms with Gasteiger partial charge in [-0.2, -0.15) is 0 Å². The minimum absolute atomic E-state index is 0.371. The van der Waals surface area contributed by atoms with Gasteiger partial charge < -0.3 is 14.5 Å². The molecule has 2 aromatic heterocycles. The number of aromatic amines is 1. The van der Waals surface area contributed by atoms with Crippen molar-refractivity contribution >= 4 is 0 Å². The van der Waals surface area contributed by atoms with E-state index in [1.54, 1.807) is 6.20 Å². The van der Waals surface area contributed by atoms with Crippen LogP contribution in [0, 0.1) is 0 Å². The van der Waals surface area contributed by atoms with E-state index in [0.29, 0.717) is 12.6 Å². The highest BCUT2D eigenvalue weighted by Crippen LogP contribution is 2.32. The second-order valence-corrected chi connectivity index (χ2v) is 7.23. The van der Waals surface area contributed by atoms with Crippen molar-refractivity contribution in [2.45, 2.75) is 19.5 Å². The summed E-state index contributed by atoms with van der Waals surface area (Å²) >= 11 is 0. The third-order valence-corrected chi connectivity index (χ3v) is 5.20. The Kier molecular flexibility index (Phi) is 5.08. The van der Waals surface area contributed by atoms with E-state index in [-0.39, 0.29) is 0 Å². The average molecular weight is 371 g/mol. The largest absolute Gasteiger partial charge is 0.347 e. The van der Waals surface area contributed by atoms with Crippen LogP contribution in [0.5, 0.6) is 0 Å². The maximum absolute atomic E-state index is 4.74. The molecule has 4 rings (SSSR count). The number of hydrogen-bond acceptors (Lipinski definition) is 3. The number of benzene rings is 2. The van der Waals surface area contributed by atoms with Gasteiger partial charge in [-0.1, -0.05) is 54.6 Å². The van der Waals surface area contributed by atoms with E-state index < -0.39 is 0 Å². The molecule has 0 amide bonds. The van der Waals surface area contributed by atoms with Gasteiger partial charge in [-0.3, -0.25) is 0 Å². The Morgan fingerprint density at radius 2 is 1.71 bits per heavy atom. The van der Waals surface area contributed by atoms with Gasteiger partial charge in [0.15, 0.2) is 0 Å². The fraction of sp³-hybridized carbons (Fsp3) is 0.217. The Morgan fingerprint density at radius 3 is 2.36 bits per heavy atom. The van der Waals surface area contributed by atoms with Crippen LogP contribution in [0.1, 0.15) is 24.4 Å². The van der Waals surface area contributed by atoms with Gasteiger partial charge in [0.25, 0.3) is 0 Å². The van der Waals surface area contributed by atoms with Crippen molar-refractivity contribution < 1.29 is 0 Å². The quantitative estimate of drug-likeness (QED) is 0.538. The van der Waals surface area contributed by atoms with Crippen molar-refractivity contribution in [3.05, 3.63) is 84.7 Å². The summed E-state index contributed by atoms with van der Waals surface area (Å²) in [4.78, 5) is 14.5. The van der Waals surface area contributed by atoms with Crippen LogP contribution in [0.2, 0.25) is 0 Å². The van der Waals surface area contributed by atoms with E-state index in [1.807, 2.05) is 30.7 Å². The molecule has 5 nitrogen and oxygen atoms in total. The van der Waals surface area contributed by atoms with E-state index in [0.717, 1.165) is 28.3 Å². The Labute approximate surface area is 165 Å². The first kappa shape index (κ1) is 18.2. The standard InChI is InChI=1S/C23H25N5/c1-17(27(2)3)18-9-11-20(12-10-18)23-22(19-7-5-4-6-8-19)26-16-28(23)15-21-24-13-14-25-21/h4-14,16-17H,15H2,1-3H3,(H,24,25)/t17-/m1/s1. The predicted octanol–water partition coefficient (Wildman–Crippen LogP) is 4.61. The van der Waals surface area contributed by atoms with Gasteiger partial charge in [0.1, 0.15) is 5.82 Å². The van der Waals surface area contributed by atoms with Crippen molar-refractivity contribution in [3.63, 3.8) is 0 Å². The molecule has 0 radical (unpaired) electrons. The maximum atomic E-state index is 4.74. The van der Waals surface area contributed by atoms with Gasteiger partial charge in [0.05, 0.1) is 24.3 Å². The highest BCUT2D eigenvalue weighted by atomic mass is 15.1. The van der Waals surface area contributed by atoms with Gasteiger partial charge in [-0.05, 0) is 26.6 Å². The molecule has 4 aromatic rings. The second-order valence-electron chi connectivity index (χ2n) is 7.23. The summed E-state index contributed by atoms with van der Waals surface area (Å²) in [5, 5.41) is 0. The van der Waals surface area contributed by atoms with Gasteiger partial charge in [0, 0.05) is 29.6 Å². The van der Waals surface area contributed by atoms with Crippen LogP contribution in [-0.2, 0) is 6.54 Å². The predicted molar refractivity (Wildman–Crippen MR) is 113 cm³/mol. The third-order valence-electron chi connectivity index (χ3n) is 5.20. The summed E-state index contributed by atoms with van der Waals surface area (Å²) in [7, 11) is 4.20. The van der Waals surface area contributed by atoms with E-state index >= 15 is 0 Å². The molecule has 0 saturated heterocycles. The van der Waals surface area contributed by atoms with E-state index in [9.17, 15) is 0 Å². The smallest absolute Gasteiger partial charge is 0.126 e. The molecule has 0 fully saturated rings. The number of rotatable bonds is 6. The van der Waals surface area contributed by atoms with Crippen molar-refractivity contribution in [1.29, 1.82) is 0 Å².